The molecule has 0 fully saturated rings. The molecule has 2 N–H and O–H groups in total. The van der Waals surface area contributed by atoms with E-state index < -0.39 is 12.2 Å². The van der Waals surface area contributed by atoms with Crippen LogP contribution in [0.3, 0.4) is 0 Å². The van der Waals surface area contributed by atoms with E-state index in [2.05, 4.69) is 10.6 Å². The second kappa shape index (κ2) is 9.31. The number of benzene rings is 2. The summed E-state index contributed by atoms with van der Waals surface area (Å²) in [5.41, 5.74) is 1.11. The molecule has 0 radical (unpaired) electrons. The van der Waals surface area contributed by atoms with Crippen LogP contribution < -0.4 is 15.4 Å². The van der Waals surface area contributed by atoms with E-state index in [0.717, 1.165) is 0 Å². The summed E-state index contributed by atoms with van der Waals surface area (Å²) in [5.74, 6) is 0.0230. The van der Waals surface area contributed by atoms with Gasteiger partial charge in [0.15, 0.2) is 6.10 Å². The van der Waals surface area contributed by atoms with Crippen LogP contribution in [0, 0.1) is 0 Å². The Kier molecular flexibility index (Phi) is 7.12. The summed E-state index contributed by atoms with van der Waals surface area (Å²) in [5, 5.41) is 6.09. The molecule has 0 bridgehead atoms. The molecule has 2 aromatic rings. The van der Waals surface area contributed by atoms with Gasteiger partial charge in [-0.25, -0.2) is 4.79 Å². The van der Waals surface area contributed by atoms with Gasteiger partial charge in [-0.05, 0) is 56.3 Å². The van der Waals surface area contributed by atoms with Crippen LogP contribution in [0.1, 0.15) is 13.8 Å². The molecule has 0 aromatic heterocycles. The largest absolute Gasteiger partial charge is 0.479 e. The van der Waals surface area contributed by atoms with Gasteiger partial charge in [0.05, 0.1) is 11.6 Å². The van der Waals surface area contributed by atoms with E-state index in [0.29, 0.717) is 27.2 Å². The van der Waals surface area contributed by atoms with Gasteiger partial charge in [-0.1, -0.05) is 23.2 Å². The number of rotatable bonds is 6. The maximum Gasteiger partial charge on any atom is 0.411 e. The number of nitrogens with one attached hydrogen (secondary N) is 2. The molecule has 8 heteroatoms. The average Bonchev–Trinajstić information content (AvgIpc) is 2.59. The quantitative estimate of drug-likeness (QED) is 0.722. The zero-order valence-corrected chi connectivity index (χ0v) is 15.7. The van der Waals surface area contributed by atoms with Crippen LogP contribution >= 0.6 is 23.2 Å². The van der Waals surface area contributed by atoms with Gasteiger partial charge >= 0.3 is 6.09 Å². The number of hydrogen-bond donors (Lipinski definition) is 2. The minimum atomic E-state index is -0.772. The summed E-state index contributed by atoms with van der Waals surface area (Å²) in [6.07, 6.45) is -1.31. The standard InChI is InChI=1S/C18H18Cl2N2O4/c1-3-25-18(24)22-14-7-5-13(6-8-14)21-17(23)11(2)26-16-9-4-12(19)10-15(16)20/h4-11H,3H2,1-2H3,(H,21,23)(H,22,24)/t11-/m1/s1. The molecular weight excluding hydrogens is 379 g/mol. The second-order valence-corrected chi connectivity index (χ2v) is 6.09. The van der Waals surface area contributed by atoms with E-state index in [1.165, 1.54) is 0 Å². The van der Waals surface area contributed by atoms with Crippen molar-refractivity contribution < 1.29 is 19.1 Å². The van der Waals surface area contributed by atoms with Gasteiger partial charge in [-0.15, -0.1) is 0 Å². The Morgan fingerprint density at radius 3 is 2.23 bits per heavy atom. The second-order valence-electron chi connectivity index (χ2n) is 5.25. The molecule has 0 unspecified atom stereocenters. The summed E-state index contributed by atoms with van der Waals surface area (Å²) in [6.45, 7) is 3.62. The zero-order valence-electron chi connectivity index (χ0n) is 14.2. The van der Waals surface area contributed by atoms with Crippen LogP contribution in [0.25, 0.3) is 0 Å². The zero-order chi connectivity index (χ0) is 19.1. The maximum absolute atomic E-state index is 12.2. The fourth-order valence-electron chi connectivity index (χ4n) is 1.98. The topological polar surface area (TPSA) is 76.7 Å². The third kappa shape index (κ3) is 5.82. The summed E-state index contributed by atoms with van der Waals surface area (Å²) in [7, 11) is 0. The lowest BCUT2D eigenvalue weighted by atomic mass is 10.2. The number of halogens is 2. The van der Waals surface area contributed by atoms with E-state index in [1.54, 1.807) is 56.3 Å². The number of carbonyl (C=O) groups excluding carboxylic acids is 2. The van der Waals surface area contributed by atoms with Crippen LogP contribution in [-0.2, 0) is 9.53 Å². The summed E-state index contributed by atoms with van der Waals surface area (Å²) in [4.78, 5) is 23.6. The number of amides is 2. The third-order valence-corrected chi connectivity index (χ3v) is 3.77. The van der Waals surface area contributed by atoms with E-state index in [1.807, 2.05) is 0 Å². The minimum Gasteiger partial charge on any atom is -0.479 e. The van der Waals surface area contributed by atoms with Crippen molar-refractivity contribution in [1.82, 2.24) is 0 Å². The van der Waals surface area contributed by atoms with Crippen molar-refractivity contribution in [2.75, 3.05) is 17.2 Å². The lowest BCUT2D eigenvalue weighted by Crippen LogP contribution is -2.30. The summed E-state index contributed by atoms with van der Waals surface area (Å²) < 4.78 is 10.4. The van der Waals surface area contributed by atoms with Crippen molar-refractivity contribution in [1.29, 1.82) is 0 Å². The minimum absolute atomic E-state index is 0.287. The average molecular weight is 397 g/mol. The highest BCUT2D eigenvalue weighted by molar-refractivity contribution is 6.35. The monoisotopic (exact) mass is 396 g/mol. The Bertz CT molecular complexity index is 781. The van der Waals surface area contributed by atoms with E-state index in [4.69, 9.17) is 32.7 Å². The van der Waals surface area contributed by atoms with E-state index in [9.17, 15) is 9.59 Å². The molecule has 0 saturated carbocycles. The highest BCUT2D eigenvalue weighted by Gasteiger charge is 2.16. The lowest BCUT2D eigenvalue weighted by molar-refractivity contribution is -0.122. The first-order valence-electron chi connectivity index (χ1n) is 7.85. The molecule has 2 aromatic carbocycles. The van der Waals surface area contributed by atoms with E-state index >= 15 is 0 Å². The van der Waals surface area contributed by atoms with Crippen LogP contribution in [-0.4, -0.2) is 24.7 Å². The van der Waals surface area contributed by atoms with Crippen molar-refractivity contribution in [2.24, 2.45) is 0 Å². The number of hydrogen-bond acceptors (Lipinski definition) is 4. The normalized spacial score (nSPS) is 11.4. The Morgan fingerprint density at radius 1 is 1.04 bits per heavy atom. The maximum atomic E-state index is 12.2. The predicted octanol–water partition coefficient (Wildman–Crippen LogP) is 4.97. The van der Waals surface area contributed by atoms with Crippen molar-refractivity contribution in [3.8, 4) is 5.75 Å². The molecule has 1 atom stereocenters. The first-order chi connectivity index (χ1) is 12.4. The van der Waals surface area contributed by atoms with Crippen molar-refractivity contribution in [3.63, 3.8) is 0 Å². The van der Waals surface area contributed by atoms with Crippen LogP contribution in [0.4, 0.5) is 16.2 Å². The molecule has 0 spiro atoms. The molecule has 6 nitrogen and oxygen atoms in total. The summed E-state index contributed by atoms with van der Waals surface area (Å²) >= 11 is 11.9. The molecule has 26 heavy (non-hydrogen) atoms. The molecular formula is C18H18Cl2N2O4. The van der Waals surface area contributed by atoms with Crippen molar-refractivity contribution >= 4 is 46.6 Å². The first kappa shape index (κ1) is 19.9. The highest BCUT2D eigenvalue weighted by atomic mass is 35.5. The predicted molar refractivity (Wildman–Crippen MR) is 102 cm³/mol. The number of ether oxygens (including phenoxy) is 2. The van der Waals surface area contributed by atoms with Crippen LogP contribution in [0.15, 0.2) is 42.5 Å². The number of anilines is 2. The Labute approximate surface area is 161 Å². The lowest BCUT2D eigenvalue weighted by Gasteiger charge is -2.16. The van der Waals surface area contributed by atoms with Crippen LogP contribution in [0.2, 0.25) is 10.0 Å². The fraction of sp³-hybridized carbons (Fsp3) is 0.222. The van der Waals surface area contributed by atoms with E-state index in [-0.39, 0.29) is 12.5 Å². The molecule has 0 heterocycles. The van der Waals surface area contributed by atoms with Gasteiger partial charge in [-0.2, -0.15) is 0 Å². The first-order valence-corrected chi connectivity index (χ1v) is 8.61. The van der Waals surface area contributed by atoms with Gasteiger partial charge in [0.2, 0.25) is 0 Å². The molecule has 138 valence electrons. The molecule has 0 aliphatic rings. The summed E-state index contributed by atoms with van der Waals surface area (Å²) in [6, 6.07) is 11.4. The van der Waals surface area contributed by atoms with Crippen molar-refractivity contribution in [2.45, 2.75) is 20.0 Å². The Morgan fingerprint density at radius 2 is 1.65 bits per heavy atom. The van der Waals surface area contributed by atoms with Crippen LogP contribution in [0.5, 0.6) is 5.75 Å². The highest BCUT2D eigenvalue weighted by Crippen LogP contribution is 2.28. The van der Waals surface area contributed by atoms with Gasteiger partial charge in [0.1, 0.15) is 5.75 Å². The van der Waals surface area contributed by atoms with Gasteiger partial charge in [0, 0.05) is 16.4 Å². The van der Waals surface area contributed by atoms with Crippen molar-refractivity contribution in [3.05, 3.63) is 52.5 Å². The van der Waals surface area contributed by atoms with Gasteiger partial charge < -0.3 is 14.8 Å². The van der Waals surface area contributed by atoms with Gasteiger partial charge in [0.25, 0.3) is 5.91 Å². The molecule has 2 rings (SSSR count). The third-order valence-electron chi connectivity index (χ3n) is 3.24. The molecule has 2 amide bonds. The SMILES string of the molecule is CCOC(=O)Nc1ccc(NC(=O)[C@@H](C)Oc2ccc(Cl)cc2Cl)cc1. The number of carbonyl (C=O) groups is 2. The Hall–Kier alpha value is -2.44. The molecule has 0 aliphatic carbocycles. The fourth-order valence-corrected chi connectivity index (χ4v) is 2.43. The Balaban J connectivity index is 1.92. The smallest absolute Gasteiger partial charge is 0.411 e. The molecule has 0 saturated heterocycles. The van der Waals surface area contributed by atoms with Gasteiger partial charge in [-0.3, -0.25) is 10.1 Å². The molecule has 0 aliphatic heterocycles.